The predicted molar refractivity (Wildman–Crippen MR) is 125 cm³/mol. The number of nitro benzene ring substituents is 1. The second-order valence-electron chi connectivity index (χ2n) is 7.28. The van der Waals surface area contributed by atoms with Gasteiger partial charge >= 0.3 is 5.69 Å². The number of nitrogens with one attached hydrogen (secondary N) is 1. The topological polar surface area (TPSA) is 109 Å². The predicted octanol–water partition coefficient (Wildman–Crippen LogP) is 4.27. The normalized spacial score (nSPS) is 10.4. The van der Waals surface area contributed by atoms with Crippen molar-refractivity contribution >= 4 is 11.6 Å². The molecule has 0 heterocycles. The second kappa shape index (κ2) is 11.7. The molecule has 178 valence electrons. The van der Waals surface area contributed by atoms with E-state index in [-0.39, 0.29) is 29.4 Å². The van der Waals surface area contributed by atoms with Gasteiger partial charge in [0.25, 0.3) is 5.91 Å². The molecule has 3 aromatic rings. The van der Waals surface area contributed by atoms with Crippen molar-refractivity contribution in [2.75, 3.05) is 21.3 Å². The molecule has 0 aliphatic heterocycles. The van der Waals surface area contributed by atoms with Gasteiger partial charge in [0.05, 0.1) is 39.5 Å². The molecule has 3 aromatic carbocycles. The highest BCUT2D eigenvalue weighted by Gasteiger charge is 2.32. The lowest BCUT2D eigenvalue weighted by Crippen LogP contribution is -2.24. The summed E-state index contributed by atoms with van der Waals surface area (Å²) >= 11 is 0. The molecule has 0 spiro atoms. The molecular weight excluding hydrogens is 440 g/mol. The number of rotatable bonds is 11. The van der Waals surface area contributed by atoms with Crippen LogP contribution in [-0.2, 0) is 24.5 Å². The lowest BCUT2D eigenvalue weighted by molar-refractivity contribution is -0.386. The molecule has 1 amide bonds. The number of methoxy groups -OCH3 is 3. The molecule has 0 radical (unpaired) electrons. The molecule has 0 fully saturated rings. The number of hydrogen-bond acceptors (Lipinski definition) is 7. The molecule has 0 aromatic heterocycles. The Kier molecular flexibility index (Phi) is 8.42. The first-order valence-corrected chi connectivity index (χ1v) is 10.4. The van der Waals surface area contributed by atoms with E-state index in [1.807, 2.05) is 54.6 Å². The molecule has 0 bridgehead atoms. The summed E-state index contributed by atoms with van der Waals surface area (Å²) in [6.45, 7) is 1.16. The number of amides is 1. The zero-order chi connectivity index (χ0) is 24.5. The van der Waals surface area contributed by atoms with Crippen LogP contribution >= 0.6 is 0 Å². The minimum absolute atomic E-state index is 0.0401. The van der Waals surface area contributed by atoms with Crippen LogP contribution < -0.4 is 19.5 Å². The highest BCUT2D eigenvalue weighted by molar-refractivity contribution is 6.00. The van der Waals surface area contributed by atoms with Crippen LogP contribution in [0.25, 0.3) is 0 Å². The third kappa shape index (κ3) is 5.81. The van der Waals surface area contributed by atoms with E-state index in [1.165, 1.54) is 27.4 Å². The Labute approximate surface area is 197 Å². The Morgan fingerprint density at radius 2 is 1.44 bits per heavy atom. The van der Waals surface area contributed by atoms with Gasteiger partial charge in [0.2, 0.25) is 11.5 Å². The Morgan fingerprint density at radius 1 is 0.853 bits per heavy atom. The summed E-state index contributed by atoms with van der Waals surface area (Å²) in [6.07, 6.45) is 0. The van der Waals surface area contributed by atoms with Crippen LogP contribution in [0.15, 0.2) is 60.7 Å². The van der Waals surface area contributed by atoms with Gasteiger partial charge in [0, 0.05) is 12.6 Å². The van der Waals surface area contributed by atoms with Gasteiger partial charge in [-0.1, -0.05) is 54.6 Å². The van der Waals surface area contributed by atoms with Gasteiger partial charge in [-0.05, 0) is 16.7 Å². The minimum Gasteiger partial charge on any atom is -0.493 e. The van der Waals surface area contributed by atoms with Gasteiger partial charge in [-0.25, -0.2) is 0 Å². The van der Waals surface area contributed by atoms with E-state index in [0.717, 1.165) is 16.7 Å². The molecule has 9 nitrogen and oxygen atoms in total. The molecule has 0 unspecified atom stereocenters. The average molecular weight is 466 g/mol. The molecule has 0 saturated carbocycles. The lowest BCUT2D eigenvalue weighted by atomic mass is 10.1. The lowest BCUT2D eigenvalue weighted by Gasteiger charge is -2.15. The zero-order valence-corrected chi connectivity index (χ0v) is 19.2. The Balaban J connectivity index is 1.66. The molecule has 0 aliphatic carbocycles. The fraction of sp³-hybridized carbons (Fsp3) is 0.240. The molecule has 0 atom stereocenters. The van der Waals surface area contributed by atoms with Crippen LogP contribution in [0.3, 0.4) is 0 Å². The summed E-state index contributed by atoms with van der Waals surface area (Å²) in [5.74, 6) is -0.633. The van der Waals surface area contributed by atoms with E-state index in [4.69, 9.17) is 18.9 Å². The van der Waals surface area contributed by atoms with Gasteiger partial charge in [-0.3, -0.25) is 14.9 Å². The first-order chi connectivity index (χ1) is 16.5. The summed E-state index contributed by atoms with van der Waals surface area (Å²) in [5.41, 5.74) is 2.23. The van der Waals surface area contributed by atoms with E-state index in [2.05, 4.69) is 5.32 Å². The van der Waals surface area contributed by atoms with E-state index in [0.29, 0.717) is 13.2 Å². The van der Waals surface area contributed by atoms with Crippen LogP contribution in [0.2, 0.25) is 0 Å². The second-order valence-corrected chi connectivity index (χ2v) is 7.28. The van der Waals surface area contributed by atoms with Crippen LogP contribution in [0.1, 0.15) is 27.0 Å². The number of ether oxygens (including phenoxy) is 4. The number of nitro groups is 1. The van der Waals surface area contributed by atoms with Gasteiger partial charge in [0.1, 0.15) is 5.56 Å². The van der Waals surface area contributed by atoms with Crippen molar-refractivity contribution in [3.63, 3.8) is 0 Å². The standard InChI is InChI=1S/C25H26N2O7/c1-31-21-13-20(22(27(29)30)24(33-3)23(21)32-2)25(28)26-14-17-9-11-19(12-10-17)16-34-15-18-7-5-4-6-8-18/h4-13H,14-16H2,1-3H3,(H,26,28). The van der Waals surface area contributed by atoms with Gasteiger partial charge < -0.3 is 24.3 Å². The van der Waals surface area contributed by atoms with Crippen molar-refractivity contribution in [3.05, 3.63) is 93.0 Å². The molecule has 3 rings (SSSR count). The smallest absolute Gasteiger partial charge is 0.327 e. The molecule has 1 N–H and O–H groups in total. The highest BCUT2D eigenvalue weighted by Crippen LogP contribution is 2.46. The van der Waals surface area contributed by atoms with E-state index < -0.39 is 16.5 Å². The summed E-state index contributed by atoms with van der Waals surface area (Å²) < 4.78 is 21.3. The van der Waals surface area contributed by atoms with Crippen molar-refractivity contribution in [3.8, 4) is 17.2 Å². The van der Waals surface area contributed by atoms with Gasteiger partial charge in [-0.15, -0.1) is 0 Å². The average Bonchev–Trinajstić information content (AvgIpc) is 2.87. The summed E-state index contributed by atoms with van der Waals surface area (Å²) in [7, 11) is 3.97. The molecule has 0 aliphatic rings. The first kappa shape index (κ1) is 24.5. The Hall–Kier alpha value is -4.11. The van der Waals surface area contributed by atoms with Crippen LogP contribution in [0.4, 0.5) is 5.69 Å². The number of benzene rings is 3. The Morgan fingerprint density at radius 3 is 2.00 bits per heavy atom. The summed E-state index contributed by atoms with van der Waals surface area (Å²) in [6, 6.07) is 18.7. The summed E-state index contributed by atoms with van der Waals surface area (Å²) in [4.78, 5) is 23.9. The molecule has 34 heavy (non-hydrogen) atoms. The highest BCUT2D eigenvalue weighted by atomic mass is 16.6. The van der Waals surface area contributed by atoms with Crippen molar-refractivity contribution < 1.29 is 28.7 Å². The fourth-order valence-electron chi connectivity index (χ4n) is 3.39. The van der Waals surface area contributed by atoms with Gasteiger partial charge in [-0.2, -0.15) is 0 Å². The summed E-state index contributed by atoms with van der Waals surface area (Å²) in [5, 5.41) is 14.4. The zero-order valence-electron chi connectivity index (χ0n) is 19.2. The maximum Gasteiger partial charge on any atom is 0.327 e. The maximum atomic E-state index is 12.8. The fourth-order valence-corrected chi connectivity index (χ4v) is 3.39. The van der Waals surface area contributed by atoms with Gasteiger partial charge in [0.15, 0.2) is 5.75 Å². The SMILES string of the molecule is COc1cc(C(=O)NCc2ccc(COCc3ccccc3)cc2)c([N+](=O)[O-])c(OC)c1OC. The third-order valence-electron chi connectivity index (χ3n) is 5.09. The van der Waals surface area contributed by atoms with E-state index in [1.54, 1.807) is 0 Å². The molecular formula is C25H26N2O7. The van der Waals surface area contributed by atoms with Crippen molar-refractivity contribution in [1.29, 1.82) is 0 Å². The number of hydrogen-bond donors (Lipinski definition) is 1. The Bertz CT molecular complexity index is 1130. The first-order valence-electron chi connectivity index (χ1n) is 10.4. The van der Waals surface area contributed by atoms with E-state index >= 15 is 0 Å². The molecule has 0 saturated heterocycles. The quantitative estimate of drug-likeness (QED) is 0.332. The molecule has 9 heteroatoms. The number of nitrogens with zero attached hydrogens (tertiary/aromatic N) is 1. The van der Waals surface area contributed by atoms with Crippen LogP contribution in [0.5, 0.6) is 17.2 Å². The van der Waals surface area contributed by atoms with E-state index in [9.17, 15) is 14.9 Å². The maximum absolute atomic E-state index is 12.8. The monoisotopic (exact) mass is 466 g/mol. The van der Waals surface area contributed by atoms with Crippen molar-refractivity contribution in [1.82, 2.24) is 5.32 Å². The van der Waals surface area contributed by atoms with Crippen molar-refractivity contribution in [2.24, 2.45) is 0 Å². The van der Waals surface area contributed by atoms with Crippen molar-refractivity contribution in [2.45, 2.75) is 19.8 Å². The minimum atomic E-state index is -0.681. The third-order valence-corrected chi connectivity index (χ3v) is 5.09. The largest absolute Gasteiger partial charge is 0.493 e. The number of carbonyl (C=O) groups is 1. The number of carbonyl (C=O) groups excluding carboxylic acids is 1. The van der Waals surface area contributed by atoms with Crippen LogP contribution in [0, 0.1) is 10.1 Å². The van der Waals surface area contributed by atoms with Crippen LogP contribution in [-0.4, -0.2) is 32.2 Å².